The van der Waals surface area contributed by atoms with E-state index in [1.54, 1.807) is 6.92 Å². The number of hydrogen-bond donors (Lipinski definition) is 9. The van der Waals surface area contributed by atoms with E-state index in [2.05, 4.69) is 48.6 Å². The summed E-state index contributed by atoms with van der Waals surface area (Å²) in [6.07, 6.45) is 7.05. The van der Waals surface area contributed by atoms with E-state index in [4.69, 9.17) is 5.73 Å². The largest absolute Gasteiger partial charge is 0.370 e. The molecule has 0 unspecified atom stereocenters. The average Bonchev–Trinajstić information content (AvgIpc) is 4.10. The van der Waals surface area contributed by atoms with E-state index in [0.29, 0.717) is 64.5 Å². The van der Waals surface area contributed by atoms with Crippen LogP contribution in [0.5, 0.6) is 0 Å². The number of fused-ring (bicyclic) bond motifs is 1. The van der Waals surface area contributed by atoms with Crippen LogP contribution in [0.4, 0.5) is 0 Å². The number of hydrogen-bond acceptors (Lipinski definition) is 9. The molecular formula is C50H73N9O8. The minimum Gasteiger partial charge on any atom is -0.370 e. The zero-order chi connectivity index (χ0) is 48.2. The van der Waals surface area contributed by atoms with Crippen LogP contribution in [0.25, 0.3) is 10.8 Å². The summed E-state index contributed by atoms with van der Waals surface area (Å²) in [7, 11) is 0. The number of benzene rings is 2. The van der Waals surface area contributed by atoms with Crippen molar-refractivity contribution in [1.82, 2.24) is 42.5 Å². The van der Waals surface area contributed by atoms with E-state index in [0.717, 1.165) is 35.6 Å². The van der Waals surface area contributed by atoms with E-state index in [-0.39, 0.29) is 78.7 Å². The Morgan fingerprint density at radius 1 is 0.642 bits per heavy atom. The van der Waals surface area contributed by atoms with Crippen LogP contribution in [0.2, 0.25) is 0 Å². The van der Waals surface area contributed by atoms with Crippen molar-refractivity contribution in [2.24, 2.45) is 41.2 Å². The second-order valence-corrected chi connectivity index (χ2v) is 20.0. The van der Waals surface area contributed by atoms with Crippen molar-refractivity contribution in [3.05, 3.63) is 48.0 Å². The zero-order valence-corrected chi connectivity index (χ0v) is 39.6. The molecule has 10 N–H and O–H groups in total. The average molecular weight is 928 g/mol. The minimum atomic E-state index is -0.572. The summed E-state index contributed by atoms with van der Waals surface area (Å²) < 4.78 is 0. The maximum absolute atomic E-state index is 13.9. The molecule has 0 spiro atoms. The van der Waals surface area contributed by atoms with Crippen LogP contribution >= 0.6 is 0 Å². The summed E-state index contributed by atoms with van der Waals surface area (Å²) in [6, 6.07) is 11.6. The van der Waals surface area contributed by atoms with Gasteiger partial charge in [-0.3, -0.25) is 38.4 Å². The summed E-state index contributed by atoms with van der Waals surface area (Å²) in [5, 5.41) is 26.6. The zero-order valence-electron chi connectivity index (χ0n) is 39.6. The first-order chi connectivity index (χ1) is 32.0. The summed E-state index contributed by atoms with van der Waals surface area (Å²) in [6.45, 7) is 8.00. The maximum Gasteiger partial charge on any atom is 0.226 e. The normalized spacial score (nSPS) is 26.0. The Labute approximate surface area is 394 Å². The Morgan fingerprint density at radius 2 is 1.25 bits per heavy atom. The van der Waals surface area contributed by atoms with Crippen molar-refractivity contribution in [1.29, 1.82) is 0 Å². The van der Waals surface area contributed by atoms with Gasteiger partial charge in [-0.1, -0.05) is 75.6 Å². The van der Waals surface area contributed by atoms with Crippen LogP contribution < -0.4 is 48.3 Å². The fraction of sp³-hybridized carbons (Fsp3) is 0.640. The van der Waals surface area contributed by atoms with Gasteiger partial charge >= 0.3 is 0 Å². The smallest absolute Gasteiger partial charge is 0.226 e. The first-order valence-electron chi connectivity index (χ1n) is 24.6. The molecule has 1 aliphatic heterocycles. The lowest BCUT2D eigenvalue weighted by Crippen LogP contribution is -2.53. The highest BCUT2D eigenvalue weighted by Gasteiger charge is 2.41. The fourth-order valence-electron chi connectivity index (χ4n) is 10.8. The number of nitrogens with two attached hydrogens (primary N) is 1. The Kier molecular flexibility index (Phi) is 18.2. The number of carbonyl (C=O) groups excluding carboxylic acids is 8. The molecule has 366 valence electrons. The molecule has 0 bridgehead atoms. The first kappa shape index (κ1) is 50.8. The van der Waals surface area contributed by atoms with E-state index < -0.39 is 59.7 Å². The van der Waals surface area contributed by atoms with Crippen LogP contribution in [0, 0.1) is 35.5 Å². The van der Waals surface area contributed by atoms with E-state index >= 15 is 0 Å². The monoisotopic (exact) mass is 928 g/mol. The number of primary amides is 1. The van der Waals surface area contributed by atoms with E-state index in [9.17, 15) is 38.4 Å². The molecule has 4 fully saturated rings. The highest BCUT2D eigenvalue weighted by atomic mass is 16.2. The standard InChI is InChI=1S/C50H73N9O8/c1-28(2)20-34(46(63)59-43-27-52-26-39(43)50(67)58-42-17-9-14-38(42)48(65)54-29(3)21-44(51)61)25-53-47(64)36-12-7-16-41(36)57-45(62)24-35(23-31-18-19-32-10-5-6-11-33(32)22-31)56-49(66)37-13-8-15-40(37)55-30(4)60/h5-6,10-11,18-19,22,28-29,34-43,52H,7-9,12-17,20-21,23-27H2,1-4H3,(H2,51,61)(H,53,64)(H,54,65)(H,55,60)(H,56,66)(H,57,62)(H,58,67)(H,59,63)/t29-,34-,35-,36-,37-,38-,39-,40+,41+,42+,43+/m0/s1. The van der Waals surface area contributed by atoms with Gasteiger partial charge in [0.25, 0.3) is 0 Å². The lowest BCUT2D eigenvalue weighted by atomic mass is 9.94. The number of carbonyl (C=O) groups is 8. The third-order valence-electron chi connectivity index (χ3n) is 14.1. The SMILES string of the molecule is CC(=O)N[C@@H]1CCC[C@@H]1C(=O)N[C@H](CC(=O)N[C@@H]1CCC[C@@H]1C(=O)NC[C@H](CC(C)C)C(=O)N[C@@H]1CNC[C@@H]1C(=O)N[C@@H]1CCC[C@@H]1C(=O)N[C@@H](C)CC(N)=O)Cc1ccc2ccccc2c1. The van der Waals surface area contributed by atoms with Crippen molar-refractivity contribution in [2.45, 2.75) is 147 Å². The molecule has 2 aromatic rings. The molecule has 0 radical (unpaired) electrons. The van der Waals surface area contributed by atoms with Crippen molar-refractivity contribution < 1.29 is 38.4 Å². The molecule has 1 heterocycles. The van der Waals surface area contributed by atoms with Gasteiger partial charge in [0, 0.05) is 69.6 Å². The van der Waals surface area contributed by atoms with Gasteiger partial charge in [-0.15, -0.1) is 0 Å². The van der Waals surface area contributed by atoms with Gasteiger partial charge in [0.15, 0.2) is 0 Å². The molecule has 17 nitrogen and oxygen atoms in total. The van der Waals surface area contributed by atoms with Crippen molar-refractivity contribution >= 4 is 58.0 Å². The quantitative estimate of drug-likeness (QED) is 0.0886. The molecule has 8 amide bonds. The van der Waals surface area contributed by atoms with Gasteiger partial charge < -0.3 is 48.3 Å². The van der Waals surface area contributed by atoms with Crippen LogP contribution in [-0.2, 0) is 44.8 Å². The Bertz CT molecular complexity index is 2120. The van der Waals surface area contributed by atoms with Crippen molar-refractivity contribution in [2.75, 3.05) is 19.6 Å². The lowest BCUT2D eigenvalue weighted by Gasteiger charge is -2.27. The predicted octanol–water partition coefficient (Wildman–Crippen LogP) is 1.99. The Balaban J connectivity index is 1.03. The first-order valence-corrected chi connectivity index (χ1v) is 24.6. The molecule has 67 heavy (non-hydrogen) atoms. The molecule has 11 atom stereocenters. The fourth-order valence-corrected chi connectivity index (χ4v) is 10.8. The van der Waals surface area contributed by atoms with E-state index in [1.807, 2.05) is 50.2 Å². The summed E-state index contributed by atoms with van der Waals surface area (Å²) in [5.41, 5.74) is 6.26. The van der Waals surface area contributed by atoms with Gasteiger partial charge in [0.2, 0.25) is 47.3 Å². The van der Waals surface area contributed by atoms with Crippen LogP contribution in [-0.4, -0.2) is 103 Å². The molecule has 6 rings (SSSR count). The third-order valence-corrected chi connectivity index (χ3v) is 14.1. The second-order valence-electron chi connectivity index (χ2n) is 20.0. The molecule has 17 heteroatoms. The highest BCUT2D eigenvalue weighted by molar-refractivity contribution is 5.88. The van der Waals surface area contributed by atoms with Crippen LogP contribution in [0.1, 0.15) is 110 Å². The molecular weight excluding hydrogens is 855 g/mol. The van der Waals surface area contributed by atoms with Crippen LogP contribution in [0.15, 0.2) is 42.5 Å². The minimum absolute atomic E-state index is 0.000853. The van der Waals surface area contributed by atoms with Crippen molar-refractivity contribution in [3.8, 4) is 0 Å². The predicted molar refractivity (Wildman–Crippen MR) is 253 cm³/mol. The summed E-state index contributed by atoms with van der Waals surface area (Å²) >= 11 is 0. The molecule has 3 aliphatic carbocycles. The summed E-state index contributed by atoms with van der Waals surface area (Å²) in [5.74, 6) is -4.48. The molecule has 0 aromatic heterocycles. The van der Waals surface area contributed by atoms with Gasteiger partial charge in [-0.2, -0.15) is 0 Å². The number of nitrogens with one attached hydrogen (secondary N) is 8. The maximum atomic E-state index is 13.9. The Hall–Kier alpha value is -5.58. The third kappa shape index (κ3) is 14.5. The van der Waals surface area contributed by atoms with Crippen LogP contribution in [0.3, 0.4) is 0 Å². The number of rotatable bonds is 21. The second kappa shape index (κ2) is 23.9. The van der Waals surface area contributed by atoms with Gasteiger partial charge in [-0.25, -0.2) is 0 Å². The number of amides is 8. The molecule has 4 aliphatic rings. The van der Waals surface area contributed by atoms with E-state index in [1.165, 1.54) is 6.92 Å². The van der Waals surface area contributed by atoms with Gasteiger partial charge in [0.1, 0.15) is 0 Å². The van der Waals surface area contributed by atoms with Gasteiger partial charge in [0.05, 0.1) is 35.6 Å². The molecule has 2 aromatic carbocycles. The highest BCUT2D eigenvalue weighted by Crippen LogP contribution is 2.30. The van der Waals surface area contributed by atoms with Gasteiger partial charge in [-0.05, 0) is 80.5 Å². The summed E-state index contributed by atoms with van der Waals surface area (Å²) in [4.78, 5) is 105. The Morgan fingerprint density at radius 3 is 1.90 bits per heavy atom. The molecule has 1 saturated heterocycles. The lowest BCUT2D eigenvalue weighted by molar-refractivity contribution is -0.130. The topological polar surface area (TPSA) is 259 Å². The van der Waals surface area contributed by atoms with Crippen molar-refractivity contribution in [3.63, 3.8) is 0 Å². The molecule has 3 saturated carbocycles.